The molecule has 580 valence electrons. The smallest absolute Gasteiger partial charge is 0.229 e. The van der Waals surface area contributed by atoms with Crippen molar-refractivity contribution in [2.24, 2.45) is 35.2 Å². The van der Waals surface area contributed by atoms with E-state index in [1.165, 1.54) is 11.1 Å². The first kappa shape index (κ1) is 78.3. The van der Waals surface area contributed by atoms with Gasteiger partial charge < -0.3 is 22.1 Å². The average Bonchev–Trinajstić information content (AvgIpc) is 1.59. The zero-order chi connectivity index (χ0) is 84.2. The molecule has 0 unspecified atom stereocenters. The number of nitrogens with zero attached hydrogens (tertiary/aromatic N) is 10. The Morgan fingerprint density at radius 1 is 0.275 bits per heavy atom. The SMILES string of the molecule is Cc1cc2c(cc1-c1cccc[n+]1C)oc1ccc(C)c(C#N)c12.Cc1ccc2c(oc3ccc(C)c(C#N)c32)c1-c1cccc[n+]1C.Cc1ccc2oc3c(-c4cccc[n+]4C)c(C)cc(C#N)c3c2c1.[C-]#[N+]c1cc(C)cc2c1oc1cc(-c3cccc[n+]3C)c(C)cc12.[C-]#[N+]c1cc2oc3cc(-c4cccc[n+]4C)c(C)cc3c2cc1C. The number of hydrogen-bond donors (Lipinski definition) is 0. The summed E-state index contributed by atoms with van der Waals surface area (Å²) in [5, 5.41) is 38.7. The van der Waals surface area contributed by atoms with Crippen LogP contribution in [-0.4, -0.2) is 0 Å². The maximum absolute atomic E-state index is 9.63. The molecule has 0 saturated heterocycles. The van der Waals surface area contributed by atoms with Crippen LogP contribution in [0, 0.1) is 116 Å². The molecule has 0 N–H and O–H groups in total. The van der Waals surface area contributed by atoms with E-state index in [-0.39, 0.29) is 0 Å². The lowest BCUT2D eigenvalue weighted by atomic mass is 9.96. The minimum atomic E-state index is 0.575. The number of fused-ring (bicyclic) bond motifs is 15. The van der Waals surface area contributed by atoms with Crippen LogP contribution in [0.15, 0.2) is 265 Å². The normalized spacial score (nSPS) is 11.1. The maximum atomic E-state index is 9.63. The van der Waals surface area contributed by atoms with Gasteiger partial charge in [-0.1, -0.05) is 53.6 Å². The first-order chi connectivity index (χ1) is 58.0. The quantitative estimate of drug-likeness (QED) is 0.121. The van der Waals surface area contributed by atoms with E-state index in [1.54, 1.807) is 0 Å². The molecule has 15 heteroatoms. The van der Waals surface area contributed by atoms with Crippen LogP contribution in [0.2, 0.25) is 0 Å². The molecule has 0 spiro atoms. The van der Waals surface area contributed by atoms with E-state index in [0.29, 0.717) is 33.6 Å². The second kappa shape index (κ2) is 31.9. The van der Waals surface area contributed by atoms with Gasteiger partial charge >= 0.3 is 0 Å². The second-order valence-corrected chi connectivity index (χ2v) is 31.1. The number of hydrogen-bond acceptors (Lipinski definition) is 8. The van der Waals surface area contributed by atoms with Crippen LogP contribution in [0.3, 0.4) is 0 Å². The van der Waals surface area contributed by atoms with E-state index in [0.717, 1.165) is 205 Å². The van der Waals surface area contributed by atoms with Crippen LogP contribution in [0.1, 0.15) is 72.3 Å². The first-order valence-corrected chi connectivity index (χ1v) is 39.5. The van der Waals surface area contributed by atoms with Gasteiger partial charge in [0.25, 0.3) is 0 Å². The van der Waals surface area contributed by atoms with Crippen LogP contribution in [0.5, 0.6) is 0 Å². The molecule has 0 fully saturated rings. The molecule has 0 amide bonds. The molecular formula is C105H85N10O5+5. The van der Waals surface area contributed by atoms with Gasteiger partial charge in [-0.15, -0.1) is 0 Å². The summed E-state index contributed by atoms with van der Waals surface area (Å²) in [5.41, 5.74) is 33.3. The fourth-order valence-corrected chi connectivity index (χ4v) is 16.7. The van der Waals surface area contributed by atoms with E-state index >= 15 is 0 Å². The minimum absolute atomic E-state index is 0.575. The second-order valence-electron chi connectivity index (χ2n) is 31.1. The molecule has 10 aromatic carbocycles. The van der Waals surface area contributed by atoms with Crippen molar-refractivity contribution >= 4 is 121 Å². The Kier molecular flexibility index (Phi) is 20.8. The molecule has 20 rings (SSSR count). The Morgan fingerprint density at radius 2 is 0.667 bits per heavy atom. The summed E-state index contributed by atoms with van der Waals surface area (Å²) < 4.78 is 41.1. The lowest BCUT2D eigenvalue weighted by Crippen LogP contribution is -2.30. The van der Waals surface area contributed by atoms with Crippen molar-refractivity contribution in [3.63, 3.8) is 0 Å². The zero-order valence-electron chi connectivity index (χ0n) is 69.6. The molecule has 0 radical (unpaired) electrons. The van der Waals surface area contributed by atoms with Crippen molar-refractivity contribution in [2.75, 3.05) is 0 Å². The van der Waals surface area contributed by atoms with Crippen molar-refractivity contribution in [3.8, 4) is 74.5 Å². The Balaban J connectivity index is 0.000000112. The summed E-state index contributed by atoms with van der Waals surface area (Å²) in [7, 11) is 10.2. The molecule has 20 aromatic rings. The predicted octanol–water partition coefficient (Wildman–Crippen LogP) is 24.2. The molecule has 0 bridgehead atoms. The van der Waals surface area contributed by atoms with E-state index in [2.05, 4.69) is 182 Å². The summed E-state index contributed by atoms with van der Waals surface area (Å²) in [5.74, 6) is 0. The van der Waals surface area contributed by atoms with Crippen molar-refractivity contribution < 1.29 is 44.9 Å². The van der Waals surface area contributed by atoms with E-state index in [1.807, 2.05) is 216 Å². The highest BCUT2D eigenvalue weighted by Crippen LogP contribution is 2.45. The summed E-state index contributed by atoms with van der Waals surface area (Å²) in [6.07, 6.45) is 10.2. The molecular weight excluding hydrogens is 1480 g/mol. The number of pyridine rings is 5. The fourth-order valence-electron chi connectivity index (χ4n) is 16.7. The molecule has 0 atom stereocenters. The van der Waals surface area contributed by atoms with Gasteiger partial charge in [-0.2, -0.15) is 15.8 Å². The number of benzene rings is 10. The molecule has 0 aliphatic rings. The van der Waals surface area contributed by atoms with Crippen molar-refractivity contribution in [2.45, 2.75) is 69.2 Å². The topological polar surface area (TPSA) is 165 Å². The third-order valence-corrected chi connectivity index (χ3v) is 22.9. The van der Waals surface area contributed by atoms with Gasteiger partial charge in [0.2, 0.25) is 34.2 Å². The van der Waals surface area contributed by atoms with Crippen LogP contribution < -0.4 is 22.8 Å². The van der Waals surface area contributed by atoms with Crippen LogP contribution in [0.4, 0.5) is 11.4 Å². The highest BCUT2D eigenvalue weighted by molar-refractivity contribution is 6.15. The van der Waals surface area contributed by atoms with Gasteiger partial charge in [0.1, 0.15) is 97.6 Å². The summed E-state index contributed by atoms with van der Waals surface area (Å²) in [4.78, 5) is 7.20. The average molecular weight is 1570 g/mol. The van der Waals surface area contributed by atoms with Gasteiger partial charge in [0, 0.05) is 115 Å². The molecule has 10 aromatic heterocycles. The minimum Gasteiger partial charge on any atom is -0.467 e. The third kappa shape index (κ3) is 14.1. The highest BCUT2D eigenvalue weighted by Gasteiger charge is 2.27. The molecule has 0 saturated carbocycles. The molecule has 10 heterocycles. The molecule has 15 nitrogen and oxygen atoms in total. The van der Waals surface area contributed by atoms with E-state index < -0.39 is 0 Å². The van der Waals surface area contributed by atoms with Crippen LogP contribution >= 0.6 is 0 Å². The zero-order valence-corrected chi connectivity index (χ0v) is 69.6. The van der Waals surface area contributed by atoms with Gasteiger partial charge in [0.15, 0.2) is 42.3 Å². The summed E-state index contributed by atoms with van der Waals surface area (Å²) in [6.45, 7) is 35.1. The summed E-state index contributed by atoms with van der Waals surface area (Å²) >= 11 is 0. The Labute approximate surface area is 695 Å². The predicted molar refractivity (Wildman–Crippen MR) is 476 cm³/mol. The van der Waals surface area contributed by atoms with Crippen molar-refractivity contribution in [1.29, 1.82) is 15.8 Å². The highest BCUT2D eigenvalue weighted by atomic mass is 16.3. The number of aromatic nitrogens is 5. The molecule has 0 aliphatic heterocycles. The standard InChI is InChI=1S/5C21H17N2O/c1-13-9-16-17-10-14(2)18(22-3)12-21(17)24-20(16)11-15(13)19-7-5-6-8-23(19)4;1-13-9-17-16-11-14(2)15(19-7-5-6-8-23(19)4)12-20(16)24-21(17)18(10-13)22-3;1-13-8-10-18-20(16(13)12-22)15-9-7-14(2)19(21(15)24-18)17-6-4-5-11-23(17)3;1-13-7-8-19-21(17(13)12-22)16-10-14(2)15(11-20(16)24-19)18-6-4-5-9-23(18)3;1-13-7-8-18-16(10-13)20-15(12-22)11-14(2)19(21(20)24-18)17-6-4-5-9-23(17)3/h2*5-12H,1-2,4H3;3*4-11H,1-3H3/q5*+1. The van der Waals surface area contributed by atoms with Gasteiger partial charge in [-0.3, -0.25) is 0 Å². The van der Waals surface area contributed by atoms with Crippen LogP contribution in [0.25, 0.3) is 176 Å². The molecule has 120 heavy (non-hydrogen) atoms. The number of nitriles is 3. The monoisotopic (exact) mass is 1570 g/mol. The first-order valence-electron chi connectivity index (χ1n) is 39.5. The Morgan fingerprint density at radius 3 is 1.17 bits per heavy atom. The maximum Gasteiger partial charge on any atom is 0.229 e. The molecule has 0 aliphatic carbocycles. The van der Waals surface area contributed by atoms with Crippen molar-refractivity contribution in [1.82, 2.24) is 0 Å². The Hall–Kier alpha value is -15.6. The van der Waals surface area contributed by atoms with Gasteiger partial charge in [0.05, 0.1) is 63.7 Å². The number of furan rings is 5. The number of rotatable bonds is 5. The fraction of sp³-hybridized carbons (Fsp3) is 0.143. The van der Waals surface area contributed by atoms with Crippen LogP contribution in [-0.2, 0) is 35.2 Å². The van der Waals surface area contributed by atoms with Gasteiger partial charge in [-0.25, -0.2) is 32.5 Å². The lowest BCUT2D eigenvalue weighted by Gasteiger charge is -2.06. The van der Waals surface area contributed by atoms with E-state index in [9.17, 15) is 15.8 Å². The van der Waals surface area contributed by atoms with Crippen molar-refractivity contribution in [3.05, 3.63) is 338 Å². The largest absolute Gasteiger partial charge is 0.467 e. The third-order valence-electron chi connectivity index (χ3n) is 22.9. The lowest BCUT2D eigenvalue weighted by molar-refractivity contribution is -0.660. The summed E-state index contributed by atoms with van der Waals surface area (Å²) in [6, 6.07) is 78.3. The van der Waals surface area contributed by atoms with E-state index in [4.69, 9.17) is 35.2 Å². The van der Waals surface area contributed by atoms with Gasteiger partial charge in [-0.05, 0) is 223 Å². The number of aryl methyl sites for hydroxylation is 15. The Bertz CT molecular complexity index is 7830.